The molecule has 0 aromatic rings. The van der Waals surface area contributed by atoms with Crippen molar-refractivity contribution in [3.05, 3.63) is 12.2 Å². The third-order valence-corrected chi connectivity index (χ3v) is 8.93. The molecule has 0 amide bonds. The highest BCUT2D eigenvalue weighted by Crippen LogP contribution is 2.65. The van der Waals surface area contributed by atoms with Crippen LogP contribution in [0.3, 0.4) is 0 Å². The lowest BCUT2D eigenvalue weighted by Gasteiger charge is -2.57. The second kappa shape index (κ2) is 5.84. The number of fused-ring (bicyclic) bond motifs is 5. The summed E-state index contributed by atoms with van der Waals surface area (Å²) in [6.45, 7) is 8.92. The van der Waals surface area contributed by atoms with E-state index in [1.807, 2.05) is 0 Å². The lowest BCUT2D eigenvalue weighted by atomic mass is 9.49. The number of hydrogen-bond donors (Lipinski definition) is 2. The standard InChI is InChI=1S/C22H36O2/c1-14(13-23)19-6-7-20-18-5-4-15-12-21(2,24)10-8-16(15)17(18)9-11-22(19,20)3/h15-20,23-24H,1,4-13H2,2-3H3/t15-,16-,17+,18+,19+,20-,21-,22+/m0/s1. The molecule has 0 saturated heterocycles. The predicted molar refractivity (Wildman–Crippen MR) is 97.4 cm³/mol. The van der Waals surface area contributed by atoms with Crippen molar-refractivity contribution in [3.8, 4) is 0 Å². The van der Waals surface area contributed by atoms with E-state index in [9.17, 15) is 10.2 Å². The Labute approximate surface area is 147 Å². The van der Waals surface area contributed by atoms with E-state index >= 15 is 0 Å². The average Bonchev–Trinajstić information content (AvgIpc) is 2.90. The molecule has 2 N–H and O–H groups in total. The molecule has 0 aromatic carbocycles. The van der Waals surface area contributed by atoms with Crippen LogP contribution in [0.2, 0.25) is 0 Å². The van der Waals surface area contributed by atoms with Crippen molar-refractivity contribution in [1.82, 2.24) is 0 Å². The summed E-state index contributed by atoms with van der Waals surface area (Å²) in [5.41, 5.74) is 1.06. The minimum Gasteiger partial charge on any atom is -0.392 e. The van der Waals surface area contributed by atoms with Crippen molar-refractivity contribution in [2.45, 2.75) is 77.2 Å². The second-order valence-electron chi connectivity index (χ2n) is 10.2. The molecule has 0 heterocycles. The summed E-state index contributed by atoms with van der Waals surface area (Å²) < 4.78 is 0. The smallest absolute Gasteiger partial charge is 0.0642 e. The Morgan fingerprint density at radius 2 is 1.71 bits per heavy atom. The quantitative estimate of drug-likeness (QED) is 0.728. The molecule has 2 heteroatoms. The van der Waals surface area contributed by atoms with Gasteiger partial charge in [-0.2, -0.15) is 0 Å². The Balaban J connectivity index is 1.54. The molecule has 4 fully saturated rings. The van der Waals surface area contributed by atoms with Crippen LogP contribution >= 0.6 is 0 Å². The molecular formula is C22H36O2. The van der Waals surface area contributed by atoms with E-state index in [2.05, 4.69) is 20.4 Å². The minimum atomic E-state index is -0.408. The summed E-state index contributed by atoms with van der Waals surface area (Å²) in [5, 5.41) is 20.1. The van der Waals surface area contributed by atoms with Gasteiger partial charge >= 0.3 is 0 Å². The van der Waals surface area contributed by atoms with E-state index in [1.54, 1.807) is 0 Å². The number of hydrogen-bond acceptors (Lipinski definition) is 2. The highest BCUT2D eigenvalue weighted by Gasteiger charge is 2.57. The summed E-state index contributed by atoms with van der Waals surface area (Å²) in [6, 6.07) is 0. The number of aliphatic hydroxyl groups excluding tert-OH is 1. The normalized spacial score (nSPS) is 53.8. The molecule has 4 aliphatic carbocycles. The van der Waals surface area contributed by atoms with E-state index in [0.717, 1.165) is 48.0 Å². The lowest BCUT2D eigenvalue weighted by Crippen LogP contribution is -2.50. The first kappa shape index (κ1) is 17.1. The Morgan fingerprint density at radius 3 is 2.46 bits per heavy atom. The van der Waals surface area contributed by atoms with Crippen LogP contribution in [0.5, 0.6) is 0 Å². The zero-order valence-electron chi connectivity index (χ0n) is 15.6. The van der Waals surface area contributed by atoms with Crippen molar-refractivity contribution in [1.29, 1.82) is 0 Å². The van der Waals surface area contributed by atoms with E-state index in [-0.39, 0.29) is 6.61 Å². The monoisotopic (exact) mass is 332 g/mol. The van der Waals surface area contributed by atoms with Gasteiger partial charge in [0.05, 0.1) is 12.2 Å². The van der Waals surface area contributed by atoms with Gasteiger partial charge in [-0.1, -0.05) is 13.5 Å². The van der Waals surface area contributed by atoms with Gasteiger partial charge in [0.1, 0.15) is 0 Å². The summed E-state index contributed by atoms with van der Waals surface area (Å²) in [4.78, 5) is 0. The number of aliphatic hydroxyl groups is 2. The van der Waals surface area contributed by atoms with Gasteiger partial charge in [0.15, 0.2) is 0 Å². The summed E-state index contributed by atoms with van der Waals surface area (Å²) >= 11 is 0. The second-order valence-corrected chi connectivity index (χ2v) is 10.2. The molecule has 2 nitrogen and oxygen atoms in total. The molecule has 4 rings (SSSR count). The minimum absolute atomic E-state index is 0.168. The molecule has 0 spiro atoms. The average molecular weight is 333 g/mol. The fraction of sp³-hybridized carbons (Fsp3) is 0.909. The molecule has 136 valence electrons. The molecule has 0 aliphatic heterocycles. The Bertz CT molecular complexity index is 510. The van der Waals surface area contributed by atoms with Crippen molar-refractivity contribution < 1.29 is 10.2 Å². The Hall–Kier alpha value is -0.340. The zero-order chi connectivity index (χ0) is 17.1. The van der Waals surface area contributed by atoms with Gasteiger partial charge in [0.2, 0.25) is 0 Å². The number of rotatable bonds is 2. The zero-order valence-corrected chi connectivity index (χ0v) is 15.6. The van der Waals surface area contributed by atoms with Crippen LogP contribution in [0.4, 0.5) is 0 Å². The molecule has 0 bridgehead atoms. The fourth-order valence-corrected chi connectivity index (χ4v) is 7.86. The Morgan fingerprint density at radius 1 is 0.958 bits per heavy atom. The van der Waals surface area contributed by atoms with Gasteiger partial charge < -0.3 is 10.2 Å². The van der Waals surface area contributed by atoms with E-state index in [0.29, 0.717) is 11.3 Å². The fourth-order valence-electron chi connectivity index (χ4n) is 7.86. The topological polar surface area (TPSA) is 40.5 Å². The molecule has 4 saturated carbocycles. The largest absolute Gasteiger partial charge is 0.392 e. The summed E-state index contributed by atoms with van der Waals surface area (Å²) in [7, 11) is 0. The van der Waals surface area contributed by atoms with E-state index in [4.69, 9.17) is 0 Å². The van der Waals surface area contributed by atoms with Crippen LogP contribution < -0.4 is 0 Å². The molecule has 24 heavy (non-hydrogen) atoms. The van der Waals surface area contributed by atoms with Gasteiger partial charge in [-0.25, -0.2) is 0 Å². The van der Waals surface area contributed by atoms with Gasteiger partial charge in [-0.3, -0.25) is 0 Å². The first-order valence-electron chi connectivity index (χ1n) is 10.4. The van der Waals surface area contributed by atoms with Crippen LogP contribution in [0.25, 0.3) is 0 Å². The van der Waals surface area contributed by atoms with Crippen molar-refractivity contribution in [3.63, 3.8) is 0 Å². The lowest BCUT2D eigenvalue weighted by molar-refractivity contribution is -0.0980. The molecule has 0 aromatic heterocycles. The third kappa shape index (κ3) is 2.51. The van der Waals surface area contributed by atoms with Gasteiger partial charge in [-0.15, -0.1) is 0 Å². The summed E-state index contributed by atoms with van der Waals surface area (Å²) in [6.07, 6.45) is 11.3. The van der Waals surface area contributed by atoms with Crippen molar-refractivity contribution in [2.75, 3.05) is 6.61 Å². The van der Waals surface area contributed by atoms with Crippen LogP contribution in [0.15, 0.2) is 12.2 Å². The molecule has 4 aliphatic rings. The van der Waals surface area contributed by atoms with Gasteiger partial charge in [0.25, 0.3) is 0 Å². The maximum Gasteiger partial charge on any atom is 0.0642 e. The first-order chi connectivity index (χ1) is 11.4. The van der Waals surface area contributed by atoms with E-state index in [1.165, 1.54) is 44.9 Å². The molecule has 8 atom stereocenters. The van der Waals surface area contributed by atoms with Gasteiger partial charge in [0, 0.05) is 0 Å². The van der Waals surface area contributed by atoms with Crippen LogP contribution in [-0.2, 0) is 0 Å². The van der Waals surface area contributed by atoms with Crippen LogP contribution in [0, 0.1) is 40.9 Å². The SMILES string of the molecule is C=C(CO)[C@H]1CC[C@H]2[C@@H]3CC[C@H]4C[C@@](C)(O)CC[C@@H]4[C@H]3CC[C@]12C. The highest BCUT2D eigenvalue weighted by molar-refractivity contribution is 5.15. The van der Waals surface area contributed by atoms with Crippen molar-refractivity contribution in [2.24, 2.45) is 40.9 Å². The third-order valence-electron chi connectivity index (χ3n) is 8.93. The molecule has 0 radical (unpaired) electrons. The van der Waals surface area contributed by atoms with E-state index < -0.39 is 5.60 Å². The van der Waals surface area contributed by atoms with Crippen molar-refractivity contribution >= 4 is 0 Å². The van der Waals surface area contributed by atoms with Crippen LogP contribution in [-0.4, -0.2) is 22.4 Å². The maximum absolute atomic E-state index is 10.5. The van der Waals surface area contributed by atoms with Crippen LogP contribution in [0.1, 0.15) is 71.6 Å². The molecule has 0 unspecified atom stereocenters. The van der Waals surface area contributed by atoms with Gasteiger partial charge in [-0.05, 0) is 111 Å². The maximum atomic E-state index is 10.5. The highest BCUT2D eigenvalue weighted by atomic mass is 16.3. The predicted octanol–water partition coefficient (Wildman–Crippen LogP) is 4.55. The Kier molecular flexibility index (Phi) is 4.16. The summed E-state index contributed by atoms with van der Waals surface area (Å²) in [5.74, 6) is 4.81. The first-order valence-corrected chi connectivity index (χ1v) is 10.4. The molecular weight excluding hydrogens is 296 g/mol.